The summed E-state index contributed by atoms with van der Waals surface area (Å²) in [5.74, 6) is -2.50. The Hall–Kier alpha value is -4.17. The van der Waals surface area contributed by atoms with Crippen molar-refractivity contribution in [3.8, 4) is 11.1 Å². The average Bonchev–Trinajstić information content (AvgIpc) is 3.23. The van der Waals surface area contributed by atoms with Gasteiger partial charge < -0.3 is 21.4 Å². The Labute approximate surface area is 206 Å². The maximum absolute atomic E-state index is 14.5. The van der Waals surface area contributed by atoms with Gasteiger partial charge in [-0.05, 0) is 36.4 Å². The van der Waals surface area contributed by atoms with Crippen molar-refractivity contribution >= 4 is 34.9 Å². The van der Waals surface area contributed by atoms with Crippen LogP contribution in [0.5, 0.6) is 0 Å². The predicted molar refractivity (Wildman–Crippen MR) is 133 cm³/mol. The van der Waals surface area contributed by atoms with E-state index in [1.165, 1.54) is 12.3 Å². The van der Waals surface area contributed by atoms with E-state index < -0.39 is 23.4 Å². The fourth-order valence-electron chi connectivity index (χ4n) is 3.17. The number of aromatic amines is 1. The van der Waals surface area contributed by atoms with Crippen LogP contribution in [-0.4, -0.2) is 23.3 Å². The Morgan fingerprint density at radius 3 is 2.00 bits per heavy atom. The monoisotopic (exact) mass is 496 g/mol. The van der Waals surface area contributed by atoms with E-state index in [-0.39, 0.29) is 35.5 Å². The van der Waals surface area contributed by atoms with Gasteiger partial charge in [0, 0.05) is 35.4 Å². The zero-order valence-corrected chi connectivity index (χ0v) is 19.3. The number of H-pyrrole nitrogens is 1. The molecule has 9 heteroatoms. The molecule has 0 atom stereocenters. The predicted octanol–water partition coefficient (Wildman–Crippen LogP) is 5.65. The van der Waals surface area contributed by atoms with Crippen LogP contribution in [0.4, 0.5) is 20.3 Å². The maximum atomic E-state index is 14.5. The molecule has 0 spiro atoms. The number of anilines is 2. The quantitative estimate of drug-likeness (QED) is 0.266. The summed E-state index contributed by atoms with van der Waals surface area (Å²) in [4.78, 5) is 26.3. The van der Waals surface area contributed by atoms with E-state index in [4.69, 9.17) is 17.3 Å². The minimum atomic E-state index is -0.804. The van der Waals surface area contributed by atoms with Crippen LogP contribution < -0.4 is 16.4 Å². The number of nitrogens with two attached hydrogens (primary N) is 1. The number of hydrogen-bond acceptors (Lipinski definition) is 3. The van der Waals surface area contributed by atoms with E-state index >= 15 is 0 Å². The number of halogens is 3. The van der Waals surface area contributed by atoms with Crippen LogP contribution in [0.25, 0.3) is 11.1 Å². The molecule has 4 aromatic rings. The fraction of sp³-hybridized carbons (Fsp3) is 0.0769. The molecule has 35 heavy (non-hydrogen) atoms. The van der Waals surface area contributed by atoms with Crippen molar-refractivity contribution in [2.75, 3.05) is 11.9 Å². The third kappa shape index (κ3) is 7.15. The standard InChI is InChI=1S/C20H18F2N4O2.C6H5Cl/c21-14-7-4-8-15(22)18(14)17-13(20(28)24-10-9-16(23)27)11-25-19(17)26-12-5-2-1-3-6-12;7-6-4-2-1-3-5-6/h1-8,11,25-26H,9-10H2,(H2,23,27)(H,24,28);1-5H. The second kappa shape index (κ2) is 12.3. The van der Waals surface area contributed by atoms with E-state index in [1.54, 1.807) is 24.3 Å². The van der Waals surface area contributed by atoms with Crippen LogP contribution in [0, 0.1) is 11.6 Å². The highest BCUT2D eigenvalue weighted by molar-refractivity contribution is 6.30. The van der Waals surface area contributed by atoms with Crippen molar-refractivity contribution in [2.45, 2.75) is 6.42 Å². The van der Waals surface area contributed by atoms with Crippen LogP contribution >= 0.6 is 11.6 Å². The molecule has 0 bridgehead atoms. The summed E-state index contributed by atoms with van der Waals surface area (Å²) in [5.41, 5.74) is 5.49. The molecule has 0 unspecified atom stereocenters. The zero-order chi connectivity index (χ0) is 25.2. The Balaban J connectivity index is 0.000000420. The summed E-state index contributed by atoms with van der Waals surface area (Å²) in [6.07, 6.45) is 1.31. The Bertz CT molecular complexity index is 1260. The number of hydrogen-bond donors (Lipinski definition) is 4. The second-order valence-corrected chi connectivity index (χ2v) is 7.74. The van der Waals surface area contributed by atoms with Crippen LogP contribution in [0.2, 0.25) is 5.02 Å². The Morgan fingerprint density at radius 2 is 1.46 bits per heavy atom. The van der Waals surface area contributed by atoms with Gasteiger partial charge in [-0.2, -0.15) is 0 Å². The minimum Gasteiger partial charge on any atom is -0.370 e. The van der Waals surface area contributed by atoms with Gasteiger partial charge in [0.2, 0.25) is 5.91 Å². The molecule has 5 N–H and O–H groups in total. The lowest BCUT2D eigenvalue weighted by Gasteiger charge is -2.12. The lowest BCUT2D eigenvalue weighted by Crippen LogP contribution is -2.28. The lowest BCUT2D eigenvalue weighted by molar-refractivity contribution is -0.117. The van der Waals surface area contributed by atoms with Crippen LogP contribution in [-0.2, 0) is 4.79 Å². The molecule has 3 aromatic carbocycles. The van der Waals surface area contributed by atoms with E-state index in [0.717, 1.165) is 17.2 Å². The molecule has 0 fully saturated rings. The molecule has 4 rings (SSSR count). The summed E-state index contributed by atoms with van der Waals surface area (Å²) in [6.45, 7) is 0.0139. The molecule has 0 saturated carbocycles. The normalized spacial score (nSPS) is 10.1. The molecule has 0 aliphatic carbocycles. The first-order valence-electron chi connectivity index (χ1n) is 10.6. The zero-order valence-electron chi connectivity index (χ0n) is 18.5. The van der Waals surface area contributed by atoms with E-state index in [1.807, 2.05) is 36.4 Å². The number of benzene rings is 3. The van der Waals surface area contributed by atoms with Gasteiger partial charge in [-0.1, -0.05) is 54.1 Å². The Morgan fingerprint density at radius 1 is 0.857 bits per heavy atom. The largest absolute Gasteiger partial charge is 0.370 e. The number of para-hydroxylation sites is 1. The highest BCUT2D eigenvalue weighted by Crippen LogP contribution is 2.36. The smallest absolute Gasteiger partial charge is 0.253 e. The first-order chi connectivity index (χ1) is 16.9. The van der Waals surface area contributed by atoms with E-state index in [9.17, 15) is 18.4 Å². The summed E-state index contributed by atoms with van der Waals surface area (Å²) in [5, 5.41) is 6.35. The SMILES string of the molecule is Clc1ccccc1.NC(=O)CCNC(=O)c1c[nH]c(Nc2ccccc2)c1-c1c(F)cccc1F. The number of rotatable bonds is 7. The van der Waals surface area contributed by atoms with Crippen LogP contribution in [0.3, 0.4) is 0 Å². The fourth-order valence-corrected chi connectivity index (χ4v) is 3.32. The van der Waals surface area contributed by atoms with Crippen molar-refractivity contribution < 1.29 is 18.4 Å². The molecule has 180 valence electrons. The summed E-state index contributed by atoms with van der Waals surface area (Å²) < 4.78 is 28.9. The van der Waals surface area contributed by atoms with Gasteiger partial charge in [-0.3, -0.25) is 9.59 Å². The lowest BCUT2D eigenvalue weighted by atomic mass is 10.0. The number of nitrogens with one attached hydrogen (secondary N) is 3. The topological polar surface area (TPSA) is 100 Å². The van der Waals surface area contributed by atoms with Gasteiger partial charge in [-0.25, -0.2) is 8.78 Å². The van der Waals surface area contributed by atoms with Crippen molar-refractivity contribution in [2.24, 2.45) is 5.73 Å². The number of amides is 2. The third-order valence-corrected chi connectivity index (χ3v) is 5.02. The van der Waals surface area contributed by atoms with Crippen LogP contribution in [0.1, 0.15) is 16.8 Å². The van der Waals surface area contributed by atoms with Crippen molar-refractivity contribution in [3.05, 3.63) is 107 Å². The number of aromatic nitrogens is 1. The molecular weight excluding hydrogens is 474 g/mol. The van der Waals surface area contributed by atoms with Gasteiger partial charge in [0.05, 0.1) is 11.1 Å². The summed E-state index contributed by atoms with van der Waals surface area (Å²) in [7, 11) is 0. The highest BCUT2D eigenvalue weighted by Gasteiger charge is 2.24. The molecule has 0 radical (unpaired) electrons. The second-order valence-electron chi connectivity index (χ2n) is 7.31. The molecule has 1 heterocycles. The van der Waals surface area contributed by atoms with Gasteiger partial charge in [0.25, 0.3) is 5.91 Å². The first-order valence-corrected chi connectivity index (χ1v) is 11.0. The van der Waals surface area contributed by atoms with Crippen molar-refractivity contribution in [1.29, 1.82) is 0 Å². The molecule has 6 nitrogen and oxygen atoms in total. The number of carbonyl (C=O) groups is 2. The van der Waals surface area contributed by atoms with Gasteiger partial charge >= 0.3 is 0 Å². The van der Waals surface area contributed by atoms with Crippen molar-refractivity contribution in [1.82, 2.24) is 10.3 Å². The molecule has 0 aliphatic rings. The van der Waals surface area contributed by atoms with Gasteiger partial charge in [0.1, 0.15) is 17.5 Å². The van der Waals surface area contributed by atoms with Gasteiger partial charge in [0.15, 0.2) is 0 Å². The Kier molecular flexibility index (Phi) is 8.97. The number of carbonyl (C=O) groups excluding carboxylic acids is 2. The van der Waals surface area contributed by atoms with E-state index in [0.29, 0.717) is 5.69 Å². The first kappa shape index (κ1) is 25.5. The third-order valence-electron chi connectivity index (χ3n) is 4.77. The molecular formula is C26H23ClF2N4O2. The van der Waals surface area contributed by atoms with Gasteiger partial charge in [-0.15, -0.1) is 0 Å². The maximum Gasteiger partial charge on any atom is 0.253 e. The molecule has 0 aliphatic heterocycles. The molecule has 2 amide bonds. The van der Waals surface area contributed by atoms with Crippen molar-refractivity contribution in [3.63, 3.8) is 0 Å². The average molecular weight is 497 g/mol. The molecule has 1 aromatic heterocycles. The highest BCUT2D eigenvalue weighted by atomic mass is 35.5. The molecule has 0 saturated heterocycles. The van der Waals surface area contributed by atoms with Crippen LogP contribution in [0.15, 0.2) is 85.1 Å². The minimum absolute atomic E-state index is 0.0139. The summed E-state index contributed by atoms with van der Waals surface area (Å²) in [6, 6.07) is 21.9. The van der Waals surface area contributed by atoms with E-state index in [2.05, 4.69) is 15.6 Å². The number of primary amides is 1. The summed E-state index contributed by atoms with van der Waals surface area (Å²) >= 11 is 5.54.